The number of hydrogen-bond donors (Lipinski definition) is 1. The number of fused-ring (bicyclic) bond motifs is 1. The van der Waals surface area contributed by atoms with Gasteiger partial charge in [-0.05, 0) is 37.6 Å². The Morgan fingerprint density at radius 1 is 1.11 bits per heavy atom. The number of rotatable bonds is 5. The van der Waals surface area contributed by atoms with Crippen molar-refractivity contribution in [1.82, 2.24) is 29.3 Å². The summed E-state index contributed by atoms with van der Waals surface area (Å²) in [6, 6.07) is 10.5. The van der Waals surface area contributed by atoms with Crippen LogP contribution in [-0.2, 0) is 11.8 Å². The standard InChI is InChI=1S/C26H28N8O4/c1-16-5-6-18(10-19(16)27-24(35)20-9-17(2)29-32(20)4)38-23-8-7-21-28-22(11-34(21)30-23)31(3)25(36)33-12-26(13-33)14-37-15-26/h5-11H,12-15H2,1-4H3,(H,27,35). The van der Waals surface area contributed by atoms with Crippen LogP contribution >= 0.6 is 0 Å². The van der Waals surface area contributed by atoms with Gasteiger partial charge in [0.25, 0.3) is 5.91 Å². The van der Waals surface area contributed by atoms with Crippen LogP contribution in [0, 0.1) is 19.3 Å². The number of aryl methyl sites for hydroxylation is 3. The number of aromatic nitrogens is 5. The third-order valence-electron chi connectivity index (χ3n) is 6.97. The molecule has 3 amide bonds. The largest absolute Gasteiger partial charge is 0.438 e. The summed E-state index contributed by atoms with van der Waals surface area (Å²) in [6.45, 7) is 6.61. The second kappa shape index (κ2) is 8.84. The van der Waals surface area contributed by atoms with Crippen LogP contribution in [0.4, 0.5) is 16.3 Å². The highest BCUT2D eigenvalue weighted by atomic mass is 16.5. The first-order chi connectivity index (χ1) is 18.2. The van der Waals surface area contributed by atoms with E-state index in [4.69, 9.17) is 9.47 Å². The van der Waals surface area contributed by atoms with E-state index in [2.05, 4.69) is 20.5 Å². The highest BCUT2D eigenvalue weighted by Gasteiger charge is 2.51. The molecule has 12 heteroatoms. The summed E-state index contributed by atoms with van der Waals surface area (Å²) in [6.07, 6.45) is 1.69. The molecule has 0 bridgehead atoms. The van der Waals surface area contributed by atoms with Crippen molar-refractivity contribution in [1.29, 1.82) is 0 Å². The van der Waals surface area contributed by atoms with E-state index in [-0.39, 0.29) is 17.4 Å². The molecule has 2 aliphatic heterocycles. The van der Waals surface area contributed by atoms with Gasteiger partial charge < -0.3 is 19.7 Å². The van der Waals surface area contributed by atoms with Crippen LogP contribution in [-0.4, -0.2) is 74.6 Å². The summed E-state index contributed by atoms with van der Waals surface area (Å²) in [5, 5.41) is 11.7. The molecule has 6 rings (SSSR count). The summed E-state index contributed by atoms with van der Waals surface area (Å²) < 4.78 is 14.4. The molecule has 2 saturated heterocycles. The maximum Gasteiger partial charge on any atom is 0.325 e. The van der Waals surface area contributed by atoms with Gasteiger partial charge in [0.05, 0.1) is 30.5 Å². The Bertz CT molecular complexity index is 1560. The first-order valence-electron chi connectivity index (χ1n) is 12.3. The Morgan fingerprint density at radius 3 is 2.58 bits per heavy atom. The van der Waals surface area contributed by atoms with Gasteiger partial charge in [-0.1, -0.05) is 6.07 Å². The number of ether oxygens (including phenoxy) is 2. The van der Waals surface area contributed by atoms with Gasteiger partial charge in [0, 0.05) is 45.0 Å². The fourth-order valence-corrected chi connectivity index (χ4v) is 4.78. The molecule has 1 spiro atoms. The lowest BCUT2D eigenvalue weighted by Gasteiger charge is -2.55. The number of imidazole rings is 1. The summed E-state index contributed by atoms with van der Waals surface area (Å²) in [4.78, 5) is 33.5. The topological polar surface area (TPSA) is 119 Å². The molecule has 12 nitrogen and oxygen atoms in total. The zero-order valence-electron chi connectivity index (χ0n) is 21.6. The van der Waals surface area contributed by atoms with E-state index in [1.807, 2.05) is 26.0 Å². The van der Waals surface area contributed by atoms with Gasteiger partial charge in [0.15, 0.2) is 11.5 Å². The van der Waals surface area contributed by atoms with Crippen molar-refractivity contribution in [3.05, 3.63) is 59.5 Å². The first kappa shape index (κ1) is 23.9. The van der Waals surface area contributed by atoms with Crippen molar-refractivity contribution < 1.29 is 19.1 Å². The number of likely N-dealkylation sites (tertiary alicyclic amines) is 1. The van der Waals surface area contributed by atoms with E-state index in [1.54, 1.807) is 58.7 Å². The minimum Gasteiger partial charge on any atom is -0.438 e. The Morgan fingerprint density at radius 2 is 1.89 bits per heavy atom. The number of benzene rings is 1. The fourth-order valence-electron chi connectivity index (χ4n) is 4.78. The molecule has 196 valence electrons. The van der Waals surface area contributed by atoms with Crippen LogP contribution in [0.25, 0.3) is 5.65 Å². The number of nitrogens with zero attached hydrogens (tertiary/aromatic N) is 7. The molecule has 2 aliphatic rings. The van der Waals surface area contributed by atoms with Gasteiger partial charge in [0.2, 0.25) is 5.88 Å². The van der Waals surface area contributed by atoms with Gasteiger partial charge in [-0.25, -0.2) is 14.3 Å². The fraction of sp³-hybridized carbons (Fsp3) is 0.346. The van der Waals surface area contributed by atoms with Gasteiger partial charge in [-0.2, -0.15) is 5.10 Å². The average Bonchev–Trinajstić information content (AvgIpc) is 3.40. The van der Waals surface area contributed by atoms with Crippen LogP contribution in [0.1, 0.15) is 21.7 Å². The number of carbonyl (C=O) groups excluding carboxylic acids is 2. The van der Waals surface area contributed by atoms with Crippen molar-refractivity contribution in [3.8, 4) is 11.6 Å². The number of carbonyl (C=O) groups is 2. The molecule has 1 N–H and O–H groups in total. The lowest BCUT2D eigenvalue weighted by molar-refractivity contribution is -0.174. The number of urea groups is 1. The van der Waals surface area contributed by atoms with Gasteiger partial charge in [-0.15, -0.1) is 5.10 Å². The molecule has 3 aromatic heterocycles. The van der Waals surface area contributed by atoms with Crippen LogP contribution in [0.15, 0.2) is 42.6 Å². The molecule has 5 heterocycles. The summed E-state index contributed by atoms with van der Waals surface area (Å²) >= 11 is 0. The van der Waals surface area contributed by atoms with E-state index >= 15 is 0 Å². The highest BCUT2D eigenvalue weighted by molar-refractivity contribution is 6.03. The van der Waals surface area contributed by atoms with Crippen molar-refractivity contribution >= 4 is 29.1 Å². The van der Waals surface area contributed by atoms with E-state index in [9.17, 15) is 9.59 Å². The maximum absolute atomic E-state index is 12.9. The molecule has 0 radical (unpaired) electrons. The predicted molar refractivity (Wildman–Crippen MR) is 139 cm³/mol. The normalized spacial score (nSPS) is 15.7. The van der Waals surface area contributed by atoms with Crippen molar-refractivity contribution in [3.63, 3.8) is 0 Å². The van der Waals surface area contributed by atoms with Crippen molar-refractivity contribution in [2.75, 3.05) is 43.6 Å². The molecule has 1 aromatic carbocycles. The van der Waals surface area contributed by atoms with Gasteiger partial charge >= 0.3 is 6.03 Å². The molecule has 0 aliphatic carbocycles. The number of amides is 3. The van der Waals surface area contributed by atoms with Gasteiger partial charge in [-0.3, -0.25) is 14.4 Å². The Labute approximate surface area is 218 Å². The minimum atomic E-state index is -0.257. The first-order valence-corrected chi connectivity index (χ1v) is 12.3. The van der Waals surface area contributed by atoms with E-state index in [0.717, 1.165) is 24.5 Å². The monoisotopic (exact) mass is 516 g/mol. The molecule has 2 fully saturated rings. The van der Waals surface area contributed by atoms with Crippen LogP contribution < -0.4 is 15.0 Å². The van der Waals surface area contributed by atoms with Crippen molar-refractivity contribution in [2.45, 2.75) is 13.8 Å². The van der Waals surface area contributed by atoms with E-state index in [0.29, 0.717) is 47.6 Å². The van der Waals surface area contributed by atoms with Crippen LogP contribution in [0.2, 0.25) is 0 Å². The zero-order chi connectivity index (χ0) is 26.6. The smallest absolute Gasteiger partial charge is 0.325 e. The lowest BCUT2D eigenvalue weighted by Crippen LogP contribution is -2.68. The Hall–Kier alpha value is -4.45. The zero-order valence-corrected chi connectivity index (χ0v) is 21.6. The molecule has 0 atom stereocenters. The summed E-state index contributed by atoms with van der Waals surface area (Å²) in [7, 11) is 3.44. The lowest BCUT2D eigenvalue weighted by atomic mass is 9.78. The van der Waals surface area contributed by atoms with Crippen LogP contribution in [0.5, 0.6) is 11.6 Å². The van der Waals surface area contributed by atoms with Gasteiger partial charge in [0.1, 0.15) is 11.4 Å². The van der Waals surface area contributed by atoms with Crippen molar-refractivity contribution in [2.24, 2.45) is 12.5 Å². The molecule has 0 saturated carbocycles. The minimum absolute atomic E-state index is 0.0991. The summed E-state index contributed by atoms with van der Waals surface area (Å²) in [5.41, 5.74) is 3.48. The molecule has 38 heavy (non-hydrogen) atoms. The Kier molecular flexibility index (Phi) is 5.56. The second-order valence-corrected chi connectivity index (χ2v) is 10.1. The molecule has 4 aromatic rings. The third kappa shape index (κ3) is 4.22. The highest BCUT2D eigenvalue weighted by Crippen LogP contribution is 2.38. The van der Waals surface area contributed by atoms with Crippen LogP contribution in [0.3, 0.4) is 0 Å². The van der Waals surface area contributed by atoms with E-state index < -0.39 is 0 Å². The summed E-state index contributed by atoms with van der Waals surface area (Å²) in [5.74, 6) is 1.09. The number of nitrogens with one attached hydrogen (secondary N) is 1. The third-order valence-corrected chi connectivity index (χ3v) is 6.97. The number of anilines is 2. The average molecular weight is 517 g/mol. The second-order valence-electron chi connectivity index (χ2n) is 10.1. The molecule has 0 unspecified atom stereocenters. The Balaban J connectivity index is 1.16. The molecular weight excluding hydrogens is 488 g/mol. The maximum atomic E-state index is 12.9. The predicted octanol–water partition coefficient (Wildman–Crippen LogP) is 3.01. The SMILES string of the molecule is Cc1cc(C(=O)Nc2cc(Oc3ccc4nc(N(C)C(=O)N5CC6(COC6)C5)cn4n3)ccc2C)n(C)n1. The number of hydrogen-bond acceptors (Lipinski definition) is 7. The quantitative estimate of drug-likeness (QED) is 0.433. The molecular formula is C26H28N8O4. The van der Waals surface area contributed by atoms with E-state index in [1.165, 1.54) is 4.90 Å².